The van der Waals surface area contributed by atoms with Gasteiger partial charge in [0.25, 0.3) is 0 Å². The Morgan fingerprint density at radius 3 is 2.73 bits per heavy atom. The Labute approximate surface area is 98.2 Å². The van der Waals surface area contributed by atoms with Crippen molar-refractivity contribution in [3.63, 3.8) is 0 Å². The molecule has 0 aliphatic heterocycles. The lowest BCUT2D eigenvalue weighted by Crippen LogP contribution is -2.31. The van der Waals surface area contributed by atoms with Crippen LogP contribution in [0.25, 0.3) is 0 Å². The Hall–Kier alpha value is -0.610. The maximum absolute atomic E-state index is 5.84. The zero-order chi connectivity index (χ0) is 10.7. The predicted octanol–water partition coefficient (Wildman–Crippen LogP) is 2.49. The van der Waals surface area contributed by atoms with Gasteiger partial charge in [0.2, 0.25) is 5.88 Å². The molecule has 1 aromatic heterocycles. The van der Waals surface area contributed by atoms with Crippen molar-refractivity contribution < 1.29 is 4.74 Å². The topological polar surface area (TPSA) is 48.1 Å². The molecule has 0 amide bonds. The maximum Gasteiger partial charge on any atom is 0.228 e. The summed E-state index contributed by atoms with van der Waals surface area (Å²) in [6, 6.07) is 4.18. The largest absolute Gasteiger partial charge is 0.474 e. The summed E-state index contributed by atoms with van der Waals surface area (Å²) in [5.41, 5.74) is 5.84. The summed E-state index contributed by atoms with van der Waals surface area (Å²) >= 11 is 3.42. The summed E-state index contributed by atoms with van der Waals surface area (Å²) in [5, 5.41) is 0. The van der Waals surface area contributed by atoms with E-state index in [1.807, 2.05) is 12.1 Å². The van der Waals surface area contributed by atoms with Gasteiger partial charge in [-0.25, -0.2) is 4.98 Å². The minimum atomic E-state index is 0.274. The molecule has 3 nitrogen and oxygen atoms in total. The molecular formula is C11H15BrN2O. The first-order valence-electron chi connectivity index (χ1n) is 5.28. The van der Waals surface area contributed by atoms with Gasteiger partial charge in [0, 0.05) is 12.2 Å². The Balaban J connectivity index is 1.95. The highest BCUT2D eigenvalue weighted by Crippen LogP contribution is 2.26. The van der Waals surface area contributed by atoms with Gasteiger partial charge in [-0.3, -0.25) is 0 Å². The summed E-state index contributed by atoms with van der Waals surface area (Å²) < 4.78 is 6.74. The van der Waals surface area contributed by atoms with Crippen LogP contribution in [-0.2, 0) is 0 Å². The van der Waals surface area contributed by atoms with E-state index in [2.05, 4.69) is 20.9 Å². The van der Waals surface area contributed by atoms with Crippen molar-refractivity contribution in [3.8, 4) is 5.88 Å². The van der Waals surface area contributed by atoms with Gasteiger partial charge in [-0.05, 0) is 53.7 Å². The van der Waals surface area contributed by atoms with Crippen LogP contribution in [0.1, 0.15) is 25.7 Å². The number of nitrogens with two attached hydrogens (primary N) is 1. The molecule has 1 fully saturated rings. The highest BCUT2D eigenvalue weighted by molar-refractivity contribution is 9.10. The normalized spacial score (nSPS) is 26.3. The fourth-order valence-electron chi connectivity index (χ4n) is 1.82. The standard InChI is InChI=1S/C11H15BrN2O/c12-10-2-1-7-14-11(10)15-9-5-3-8(13)4-6-9/h1-2,7-9H,3-6,13H2/t8-,9+. The Kier molecular flexibility index (Phi) is 3.59. The van der Waals surface area contributed by atoms with Gasteiger partial charge in [-0.15, -0.1) is 0 Å². The van der Waals surface area contributed by atoms with Crippen molar-refractivity contribution in [2.24, 2.45) is 5.73 Å². The third-order valence-corrected chi connectivity index (χ3v) is 3.33. The van der Waals surface area contributed by atoms with Gasteiger partial charge in [-0.2, -0.15) is 0 Å². The van der Waals surface area contributed by atoms with Crippen LogP contribution in [0.15, 0.2) is 22.8 Å². The van der Waals surface area contributed by atoms with E-state index >= 15 is 0 Å². The van der Waals surface area contributed by atoms with Gasteiger partial charge in [0.1, 0.15) is 6.10 Å². The van der Waals surface area contributed by atoms with Crippen molar-refractivity contribution in [1.29, 1.82) is 0 Å². The molecule has 0 radical (unpaired) electrons. The second kappa shape index (κ2) is 4.94. The highest BCUT2D eigenvalue weighted by atomic mass is 79.9. The Morgan fingerprint density at radius 1 is 1.33 bits per heavy atom. The van der Waals surface area contributed by atoms with Crippen LogP contribution in [0.4, 0.5) is 0 Å². The molecule has 4 heteroatoms. The summed E-state index contributed by atoms with van der Waals surface area (Å²) in [4.78, 5) is 4.19. The SMILES string of the molecule is N[C@H]1CC[C@@H](Oc2ncccc2Br)CC1. The lowest BCUT2D eigenvalue weighted by molar-refractivity contribution is 0.140. The third-order valence-electron chi connectivity index (χ3n) is 2.72. The quantitative estimate of drug-likeness (QED) is 0.899. The Morgan fingerprint density at radius 2 is 2.07 bits per heavy atom. The summed E-state index contributed by atoms with van der Waals surface area (Å²) in [7, 11) is 0. The van der Waals surface area contributed by atoms with Gasteiger partial charge >= 0.3 is 0 Å². The molecule has 15 heavy (non-hydrogen) atoms. The summed E-state index contributed by atoms with van der Waals surface area (Å²) in [5.74, 6) is 0.693. The average Bonchev–Trinajstić information content (AvgIpc) is 2.25. The number of nitrogens with zero attached hydrogens (tertiary/aromatic N) is 1. The van der Waals surface area contributed by atoms with Crippen LogP contribution in [0.5, 0.6) is 5.88 Å². The van der Waals surface area contributed by atoms with Crippen molar-refractivity contribution in [2.75, 3.05) is 0 Å². The van der Waals surface area contributed by atoms with E-state index in [1.165, 1.54) is 0 Å². The fraction of sp³-hybridized carbons (Fsp3) is 0.545. The molecule has 0 bridgehead atoms. The van der Waals surface area contributed by atoms with Gasteiger partial charge in [0.05, 0.1) is 4.47 Å². The van der Waals surface area contributed by atoms with Crippen molar-refractivity contribution in [1.82, 2.24) is 4.98 Å². The lowest BCUT2D eigenvalue weighted by atomic mass is 9.94. The molecule has 1 aliphatic carbocycles. The number of aromatic nitrogens is 1. The van der Waals surface area contributed by atoms with Crippen LogP contribution in [-0.4, -0.2) is 17.1 Å². The molecule has 1 aromatic rings. The van der Waals surface area contributed by atoms with Crippen LogP contribution >= 0.6 is 15.9 Å². The minimum Gasteiger partial charge on any atom is -0.474 e. The number of pyridine rings is 1. The van der Waals surface area contributed by atoms with E-state index in [-0.39, 0.29) is 6.10 Å². The fourth-order valence-corrected chi connectivity index (χ4v) is 2.17. The predicted molar refractivity (Wildman–Crippen MR) is 62.8 cm³/mol. The second-order valence-corrected chi connectivity index (χ2v) is 4.80. The number of hydrogen-bond donors (Lipinski definition) is 1. The van der Waals surface area contributed by atoms with E-state index in [9.17, 15) is 0 Å². The van der Waals surface area contributed by atoms with E-state index in [0.29, 0.717) is 11.9 Å². The zero-order valence-electron chi connectivity index (χ0n) is 8.53. The molecule has 0 saturated heterocycles. The second-order valence-electron chi connectivity index (χ2n) is 3.95. The smallest absolute Gasteiger partial charge is 0.228 e. The van der Waals surface area contributed by atoms with Crippen LogP contribution in [0, 0.1) is 0 Å². The maximum atomic E-state index is 5.84. The number of rotatable bonds is 2. The molecule has 1 heterocycles. The van der Waals surface area contributed by atoms with E-state index in [1.54, 1.807) is 6.20 Å². The Bertz CT molecular complexity index is 324. The molecule has 82 valence electrons. The van der Waals surface area contributed by atoms with Crippen molar-refractivity contribution in [3.05, 3.63) is 22.8 Å². The molecule has 2 N–H and O–H groups in total. The van der Waals surface area contributed by atoms with Gasteiger partial charge < -0.3 is 10.5 Å². The third kappa shape index (κ3) is 2.92. The van der Waals surface area contributed by atoms with Gasteiger partial charge in [-0.1, -0.05) is 0 Å². The molecule has 1 aliphatic rings. The van der Waals surface area contributed by atoms with E-state index in [4.69, 9.17) is 10.5 Å². The molecular weight excluding hydrogens is 256 g/mol. The van der Waals surface area contributed by atoms with Crippen molar-refractivity contribution >= 4 is 15.9 Å². The molecule has 0 atom stereocenters. The first-order chi connectivity index (χ1) is 7.25. The van der Waals surface area contributed by atoms with Crippen molar-refractivity contribution in [2.45, 2.75) is 37.8 Å². The van der Waals surface area contributed by atoms with E-state index in [0.717, 1.165) is 30.2 Å². The van der Waals surface area contributed by atoms with Crippen LogP contribution in [0.2, 0.25) is 0 Å². The molecule has 1 saturated carbocycles. The molecule has 0 unspecified atom stereocenters. The molecule has 0 spiro atoms. The number of hydrogen-bond acceptors (Lipinski definition) is 3. The summed E-state index contributed by atoms with van der Waals surface area (Å²) in [6.07, 6.45) is 6.18. The van der Waals surface area contributed by atoms with Gasteiger partial charge in [0.15, 0.2) is 0 Å². The average molecular weight is 271 g/mol. The molecule has 2 rings (SSSR count). The monoisotopic (exact) mass is 270 g/mol. The van der Waals surface area contributed by atoms with Crippen LogP contribution < -0.4 is 10.5 Å². The first kappa shape index (κ1) is 10.9. The minimum absolute atomic E-state index is 0.274. The zero-order valence-corrected chi connectivity index (χ0v) is 10.1. The van der Waals surface area contributed by atoms with E-state index < -0.39 is 0 Å². The molecule has 0 aromatic carbocycles. The highest BCUT2D eigenvalue weighted by Gasteiger charge is 2.20. The first-order valence-corrected chi connectivity index (χ1v) is 6.08. The number of ether oxygens (including phenoxy) is 1. The van der Waals surface area contributed by atoms with Crippen LogP contribution in [0.3, 0.4) is 0 Å². The summed E-state index contributed by atoms with van der Waals surface area (Å²) in [6.45, 7) is 0. The number of halogens is 1. The lowest BCUT2D eigenvalue weighted by Gasteiger charge is -2.26.